The Morgan fingerprint density at radius 1 is 1.03 bits per heavy atom. The van der Waals surface area contributed by atoms with Crippen LogP contribution in [0.4, 0.5) is 0 Å². The summed E-state index contributed by atoms with van der Waals surface area (Å²) >= 11 is 0. The first kappa shape index (κ1) is 28.2. The molecule has 0 radical (unpaired) electrons. The van der Waals surface area contributed by atoms with Crippen molar-refractivity contribution >= 4 is 17.8 Å². The van der Waals surface area contributed by atoms with Gasteiger partial charge in [0.15, 0.2) is 0 Å². The molecule has 8 heteroatoms. The Hall–Kier alpha value is -3.39. The topological polar surface area (TPSA) is 103 Å². The minimum Gasteiger partial charge on any atom is -0.491 e. The van der Waals surface area contributed by atoms with Crippen LogP contribution in [0.25, 0.3) is 0 Å². The van der Waals surface area contributed by atoms with Crippen LogP contribution in [-0.2, 0) is 30.2 Å². The van der Waals surface area contributed by atoms with Crippen LogP contribution in [-0.4, -0.2) is 54.4 Å². The zero-order chi connectivity index (χ0) is 27.1. The fourth-order valence-electron chi connectivity index (χ4n) is 4.26. The maximum absolute atomic E-state index is 12.1. The van der Waals surface area contributed by atoms with Gasteiger partial charge in [-0.2, -0.15) is 0 Å². The molecule has 1 N–H and O–H groups in total. The van der Waals surface area contributed by atoms with Gasteiger partial charge in [-0.15, -0.1) is 0 Å². The third-order valence-electron chi connectivity index (χ3n) is 6.49. The highest BCUT2D eigenvalue weighted by molar-refractivity contribution is 5.94. The van der Waals surface area contributed by atoms with E-state index in [4.69, 9.17) is 18.9 Å². The third kappa shape index (κ3) is 8.60. The number of benzene rings is 2. The summed E-state index contributed by atoms with van der Waals surface area (Å²) in [6, 6.07) is 16.9. The van der Waals surface area contributed by atoms with E-state index in [9.17, 15) is 14.4 Å². The van der Waals surface area contributed by atoms with Crippen molar-refractivity contribution in [2.75, 3.05) is 13.2 Å². The number of carbonyl (C=O) groups excluding carboxylic acids is 3. The average Bonchev–Trinajstić information content (AvgIpc) is 3.50. The molecule has 8 nitrogen and oxygen atoms in total. The average molecular weight is 512 g/mol. The molecule has 0 bridgehead atoms. The zero-order valence-corrected chi connectivity index (χ0v) is 22.2. The molecule has 0 saturated carbocycles. The highest BCUT2D eigenvalue weighted by atomic mass is 16.6. The first-order valence-corrected chi connectivity index (χ1v) is 12.6. The summed E-state index contributed by atoms with van der Waals surface area (Å²) in [6.07, 6.45) is 1.16. The second-order valence-corrected chi connectivity index (χ2v) is 10.1. The molecule has 1 amide bonds. The first-order valence-electron chi connectivity index (χ1n) is 12.6. The second-order valence-electron chi connectivity index (χ2n) is 10.1. The largest absolute Gasteiger partial charge is 0.491 e. The lowest BCUT2D eigenvalue weighted by atomic mass is 9.92. The van der Waals surface area contributed by atoms with Crippen molar-refractivity contribution in [2.24, 2.45) is 0 Å². The minimum absolute atomic E-state index is 0.0813. The van der Waals surface area contributed by atoms with Gasteiger partial charge in [0, 0.05) is 26.0 Å². The molecule has 0 aliphatic carbocycles. The minimum atomic E-state index is -0.944. The van der Waals surface area contributed by atoms with Gasteiger partial charge in [-0.3, -0.25) is 14.4 Å². The van der Waals surface area contributed by atoms with Crippen LogP contribution in [0.15, 0.2) is 54.6 Å². The van der Waals surface area contributed by atoms with Gasteiger partial charge in [-0.05, 0) is 69.9 Å². The number of ether oxygens (including phenoxy) is 4. The van der Waals surface area contributed by atoms with Crippen LogP contribution in [0.2, 0.25) is 0 Å². The van der Waals surface area contributed by atoms with E-state index in [0.29, 0.717) is 31.6 Å². The van der Waals surface area contributed by atoms with Crippen molar-refractivity contribution in [1.29, 1.82) is 0 Å². The van der Waals surface area contributed by atoms with Crippen LogP contribution in [0, 0.1) is 0 Å². The van der Waals surface area contributed by atoms with Gasteiger partial charge in [0.25, 0.3) is 5.91 Å². The standard InChI is InChI=1S/C29H37NO7/c1-20(31)35-25(28(3,4)36-21(2)32)15-17-29(5)26(37-29)19-34-24-13-11-22(12-14-24)16-18-30-27(33)23-9-7-6-8-10-23/h6-14,25-26H,15-19H2,1-5H3,(H,30,33)/t25-,26+,29+/m1/s1. The van der Waals surface area contributed by atoms with Crippen LogP contribution in [0.1, 0.15) is 63.4 Å². The smallest absolute Gasteiger partial charge is 0.303 e. The molecule has 2 aromatic rings. The molecule has 0 aromatic heterocycles. The molecule has 3 rings (SSSR count). The van der Waals surface area contributed by atoms with E-state index in [1.807, 2.05) is 49.4 Å². The summed E-state index contributed by atoms with van der Waals surface area (Å²) in [5.74, 6) is -0.190. The summed E-state index contributed by atoms with van der Waals surface area (Å²) < 4.78 is 22.7. The van der Waals surface area contributed by atoms with Gasteiger partial charge in [-0.25, -0.2) is 0 Å². The highest BCUT2D eigenvalue weighted by Gasteiger charge is 2.53. The Balaban J connectivity index is 1.41. The summed E-state index contributed by atoms with van der Waals surface area (Å²) in [5, 5.41) is 2.93. The normalized spacial score (nSPS) is 19.4. The summed E-state index contributed by atoms with van der Waals surface area (Å²) in [7, 11) is 0. The van der Waals surface area contributed by atoms with Crippen molar-refractivity contribution < 1.29 is 33.3 Å². The Bertz CT molecular complexity index is 1070. The fraction of sp³-hybridized carbons (Fsp3) is 0.483. The van der Waals surface area contributed by atoms with E-state index in [0.717, 1.165) is 17.7 Å². The monoisotopic (exact) mass is 511 g/mol. The lowest BCUT2D eigenvalue weighted by Gasteiger charge is -2.33. The third-order valence-corrected chi connectivity index (χ3v) is 6.49. The van der Waals surface area contributed by atoms with Crippen LogP contribution >= 0.6 is 0 Å². The molecule has 0 spiro atoms. The lowest BCUT2D eigenvalue weighted by molar-refractivity contribution is -0.179. The lowest BCUT2D eigenvalue weighted by Crippen LogP contribution is -2.43. The van der Waals surface area contributed by atoms with Crippen LogP contribution in [0.5, 0.6) is 5.75 Å². The molecule has 1 saturated heterocycles. The number of rotatable bonds is 13. The van der Waals surface area contributed by atoms with E-state index < -0.39 is 29.2 Å². The molecule has 200 valence electrons. The number of hydrogen-bond acceptors (Lipinski definition) is 7. The molecular weight excluding hydrogens is 474 g/mol. The van der Waals surface area contributed by atoms with E-state index in [1.54, 1.807) is 26.0 Å². The quantitative estimate of drug-likeness (QED) is 0.317. The van der Waals surface area contributed by atoms with E-state index in [1.165, 1.54) is 13.8 Å². The van der Waals surface area contributed by atoms with Gasteiger partial charge >= 0.3 is 11.9 Å². The van der Waals surface area contributed by atoms with Crippen LogP contribution in [0.3, 0.4) is 0 Å². The van der Waals surface area contributed by atoms with E-state index in [2.05, 4.69) is 5.32 Å². The Morgan fingerprint density at radius 3 is 2.32 bits per heavy atom. The van der Waals surface area contributed by atoms with E-state index in [-0.39, 0.29) is 12.0 Å². The number of carbonyl (C=O) groups is 3. The van der Waals surface area contributed by atoms with Gasteiger partial charge in [0.1, 0.15) is 30.2 Å². The second kappa shape index (κ2) is 12.2. The molecule has 0 unspecified atom stereocenters. The van der Waals surface area contributed by atoms with Crippen molar-refractivity contribution in [1.82, 2.24) is 5.32 Å². The van der Waals surface area contributed by atoms with Gasteiger partial charge < -0.3 is 24.3 Å². The number of epoxide rings is 1. The molecular formula is C29H37NO7. The summed E-state index contributed by atoms with van der Waals surface area (Å²) in [6.45, 7) is 9.09. The maximum Gasteiger partial charge on any atom is 0.303 e. The van der Waals surface area contributed by atoms with E-state index >= 15 is 0 Å². The van der Waals surface area contributed by atoms with Gasteiger partial charge in [-0.1, -0.05) is 30.3 Å². The highest BCUT2D eigenvalue weighted by Crippen LogP contribution is 2.42. The van der Waals surface area contributed by atoms with Gasteiger partial charge in [0.05, 0.1) is 5.60 Å². The zero-order valence-electron chi connectivity index (χ0n) is 22.2. The van der Waals surface area contributed by atoms with Crippen molar-refractivity contribution in [3.63, 3.8) is 0 Å². The molecule has 1 aliphatic rings. The molecule has 37 heavy (non-hydrogen) atoms. The molecule has 3 atom stereocenters. The number of amides is 1. The maximum atomic E-state index is 12.1. The summed E-state index contributed by atoms with van der Waals surface area (Å²) in [4.78, 5) is 35.2. The Labute approximate surface area is 218 Å². The first-order chi connectivity index (χ1) is 17.5. The fourth-order valence-corrected chi connectivity index (χ4v) is 4.26. The van der Waals surface area contributed by atoms with Crippen molar-refractivity contribution in [2.45, 2.75) is 77.3 Å². The van der Waals surface area contributed by atoms with Crippen molar-refractivity contribution in [3.8, 4) is 5.75 Å². The molecule has 1 fully saturated rings. The number of esters is 2. The molecule has 1 heterocycles. The predicted molar refractivity (Wildman–Crippen MR) is 138 cm³/mol. The van der Waals surface area contributed by atoms with Crippen LogP contribution < -0.4 is 10.1 Å². The number of hydrogen-bond donors (Lipinski definition) is 1. The number of nitrogens with one attached hydrogen (secondary N) is 1. The van der Waals surface area contributed by atoms with Gasteiger partial charge in [0.2, 0.25) is 0 Å². The molecule has 2 aromatic carbocycles. The Kier molecular flexibility index (Phi) is 9.32. The predicted octanol–water partition coefficient (Wildman–Crippen LogP) is 4.25. The SMILES string of the molecule is CC(=O)O[C@H](CC[C@]1(C)O[C@H]1COc1ccc(CCNC(=O)c2ccccc2)cc1)C(C)(C)OC(C)=O. The van der Waals surface area contributed by atoms with Crippen molar-refractivity contribution in [3.05, 3.63) is 65.7 Å². The Morgan fingerprint density at radius 2 is 1.70 bits per heavy atom. The summed E-state index contributed by atoms with van der Waals surface area (Å²) in [5.41, 5.74) is 0.401. The molecule has 1 aliphatic heterocycles.